The second kappa shape index (κ2) is 26.9. The van der Waals surface area contributed by atoms with Gasteiger partial charge in [0.05, 0.1) is 79.3 Å². The first-order valence-corrected chi connectivity index (χ1v) is 16.1. The molecule has 0 fully saturated rings. The molecule has 0 N–H and O–H groups in total. The topological polar surface area (TPSA) is 86.3 Å². The summed E-state index contributed by atoms with van der Waals surface area (Å²) in [6.07, 6.45) is 0. The molecule has 0 aliphatic heterocycles. The van der Waals surface area contributed by atoms with E-state index >= 15 is 0 Å². The van der Waals surface area contributed by atoms with Crippen LogP contribution in [0, 0.1) is 0 Å². The quantitative estimate of drug-likeness (QED) is 0.0962. The number of para-hydroxylation sites is 3. The number of hydrogen-bond acceptors (Lipinski definition) is 10. The van der Waals surface area contributed by atoms with Crippen molar-refractivity contribution in [1.29, 1.82) is 0 Å². The molecule has 0 unspecified atom stereocenters. The van der Waals surface area contributed by atoms with Crippen LogP contribution in [0.1, 0.15) is 0 Å². The van der Waals surface area contributed by atoms with E-state index < -0.39 is 0 Å². The predicted molar refractivity (Wildman–Crippen MR) is 177 cm³/mol. The van der Waals surface area contributed by atoms with Gasteiger partial charge in [0.25, 0.3) is 0 Å². The number of rotatable bonds is 30. The molecule has 254 valence electrons. The van der Waals surface area contributed by atoms with Gasteiger partial charge in [0.1, 0.15) is 37.1 Å². The standard InChI is InChI=1S/C36H51NO9/c1-4-10-34(11-5-1)44-31-28-41-25-22-38-19-16-37(17-20-39-23-26-42-29-32-45-35-12-6-2-7-13-35)18-21-40-24-27-43-30-33-46-36-14-8-3-9-15-36/h1-15H,16-33H2. The predicted octanol–water partition coefficient (Wildman–Crippen LogP) is 4.63. The van der Waals surface area contributed by atoms with E-state index in [-0.39, 0.29) is 0 Å². The Labute approximate surface area is 274 Å². The third kappa shape index (κ3) is 20.0. The molecule has 0 saturated carbocycles. The Balaban J connectivity index is 1.18. The second-order valence-corrected chi connectivity index (χ2v) is 10.0. The zero-order chi connectivity index (χ0) is 32.0. The third-order valence-electron chi connectivity index (χ3n) is 6.49. The van der Waals surface area contributed by atoms with Crippen molar-refractivity contribution in [3.8, 4) is 17.2 Å². The van der Waals surface area contributed by atoms with Crippen LogP contribution in [0.4, 0.5) is 0 Å². The van der Waals surface area contributed by atoms with Crippen LogP contribution in [0.5, 0.6) is 17.2 Å². The molecule has 10 nitrogen and oxygen atoms in total. The van der Waals surface area contributed by atoms with Gasteiger partial charge in [-0.05, 0) is 36.4 Å². The Morgan fingerprint density at radius 2 is 0.522 bits per heavy atom. The first kappa shape index (κ1) is 37.2. The van der Waals surface area contributed by atoms with Crippen LogP contribution in [0.25, 0.3) is 0 Å². The molecular formula is C36H51NO9. The summed E-state index contributed by atoms with van der Waals surface area (Å²) in [6.45, 7) is 10.4. The van der Waals surface area contributed by atoms with Crippen molar-refractivity contribution in [3.05, 3.63) is 91.0 Å². The van der Waals surface area contributed by atoms with Gasteiger partial charge in [0.15, 0.2) is 0 Å². The molecule has 0 aliphatic rings. The Morgan fingerprint density at radius 1 is 0.283 bits per heavy atom. The number of nitrogens with zero attached hydrogens (tertiary/aromatic N) is 1. The Hall–Kier alpha value is -3.22. The summed E-state index contributed by atoms with van der Waals surface area (Å²) in [5.41, 5.74) is 0. The molecule has 0 saturated heterocycles. The van der Waals surface area contributed by atoms with Gasteiger partial charge in [0.2, 0.25) is 0 Å². The second-order valence-electron chi connectivity index (χ2n) is 10.0. The lowest BCUT2D eigenvalue weighted by molar-refractivity contribution is 0.00511. The molecule has 10 heteroatoms. The average Bonchev–Trinajstić information content (AvgIpc) is 3.10. The average molecular weight is 642 g/mol. The third-order valence-corrected chi connectivity index (χ3v) is 6.49. The molecule has 0 amide bonds. The highest BCUT2D eigenvalue weighted by atomic mass is 16.6. The van der Waals surface area contributed by atoms with E-state index in [1.54, 1.807) is 0 Å². The maximum Gasteiger partial charge on any atom is 0.119 e. The van der Waals surface area contributed by atoms with Crippen molar-refractivity contribution in [2.24, 2.45) is 0 Å². The SMILES string of the molecule is c1ccc(OCCOCCOCCN(CCOCCOCCOc2ccccc2)CCOCCOCCOc2ccccc2)cc1. The van der Waals surface area contributed by atoms with Crippen molar-refractivity contribution in [2.75, 3.05) is 119 Å². The highest BCUT2D eigenvalue weighted by Crippen LogP contribution is 2.09. The van der Waals surface area contributed by atoms with Crippen molar-refractivity contribution >= 4 is 0 Å². The van der Waals surface area contributed by atoms with Crippen LogP contribution in [-0.4, -0.2) is 124 Å². The van der Waals surface area contributed by atoms with Gasteiger partial charge in [-0.2, -0.15) is 0 Å². The molecule has 46 heavy (non-hydrogen) atoms. The Kier molecular flexibility index (Phi) is 21.8. The highest BCUT2D eigenvalue weighted by Gasteiger charge is 2.06. The minimum Gasteiger partial charge on any atom is -0.491 e. The van der Waals surface area contributed by atoms with Crippen molar-refractivity contribution in [1.82, 2.24) is 4.90 Å². The van der Waals surface area contributed by atoms with E-state index in [1.807, 2.05) is 91.0 Å². The molecule has 0 heterocycles. The largest absolute Gasteiger partial charge is 0.491 e. The summed E-state index contributed by atoms with van der Waals surface area (Å²) in [5, 5.41) is 0. The summed E-state index contributed by atoms with van der Waals surface area (Å²) >= 11 is 0. The minimum absolute atomic E-state index is 0.511. The monoisotopic (exact) mass is 641 g/mol. The van der Waals surface area contributed by atoms with Gasteiger partial charge in [-0.1, -0.05) is 54.6 Å². The first-order chi connectivity index (χ1) is 22.9. The molecule has 0 radical (unpaired) electrons. The fourth-order valence-corrected chi connectivity index (χ4v) is 4.09. The molecule has 0 atom stereocenters. The zero-order valence-corrected chi connectivity index (χ0v) is 27.0. The van der Waals surface area contributed by atoms with Crippen molar-refractivity contribution in [3.63, 3.8) is 0 Å². The van der Waals surface area contributed by atoms with Crippen molar-refractivity contribution < 1.29 is 42.6 Å². The fraction of sp³-hybridized carbons (Fsp3) is 0.500. The summed E-state index contributed by atoms with van der Waals surface area (Å²) in [7, 11) is 0. The van der Waals surface area contributed by atoms with E-state index in [2.05, 4.69) is 4.90 Å². The Bertz CT molecular complexity index is 926. The molecule has 0 bridgehead atoms. The van der Waals surface area contributed by atoms with Gasteiger partial charge in [-0.15, -0.1) is 0 Å². The van der Waals surface area contributed by atoms with Crippen LogP contribution in [0.3, 0.4) is 0 Å². The van der Waals surface area contributed by atoms with Gasteiger partial charge in [0, 0.05) is 19.6 Å². The van der Waals surface area contributed by atoms with Gasteiger partial charge >= 0.3 is 0 Å². The molecule has 3 aromatic carbocycles. The minimum atomic E-state index is 0.511. The van der Waals surface area contributed by atoms with Gasteiger partial charge < -0.3 is 42.6 Å². The van der Waals surface area contributed by atoms with Crippen LogP contribution in [0.15, 0.2) is 91.0 Å². The maximum atomic E-state index is 5.80. The molecule has 3 rings (SSSR count). The van der Waals surface area contributed by atoms with E-state index in [4.69, 9.17) is 42.6 Å². The molecular weight excluding hydrogens is 590 g/mol. The number of ether oxygens (including phenoxy) is 9. The number of benzene rings is 3. The van der Waals surface area contributed by atoms with Crippen LogP contribution in [-0.2, 0) is 28.4 Å². The normalized spacial score (nSPS) is 11.2. The first-order valence-electron chi connectivity index (χ1n) is 16.1. The zero-order valence-electron chi connectivity index (χ0n) is 27.0. The number of hydrogen-bond donors (Lipinski definition) is 0. The maximum absolute atomic E-state index is 5.80. The summed E-state index contributed by atoms with van der Waals surface area (Å²) in [4.78, 5) is 2.28. The van der Waals surface area contributed by atoms with Crippen LogP contribution < -0.4 is 14.2 Å². The van der Waals surface area contributed by atoms with Crippen molar-refractivity contribution in [2.45, 2.75) is 0 Å². The van der Waals surface area contributed by atoms with Gasteiger partial charge in [-0.3, -0.25) is 4.90 Å². The van der Waals surface area contributed by atoms with E-state index in [0.29, 0.717) is 99.1 Å². The van der Waals surface area contributed by atoms with Crippen LogP contribution >= 0.6 is 0 Å². The summed E-state index contributed by atoms with van der Waals surface area (Å²) < 4.78 is 51.2. The van der Waals surface area contributed by atoms with Crippen LogP contribution in [0.2, 0.25) is 0 Å². The molecule has 0 spiro atoms. The van der Waals surface area contributed by atoms with E-state index in [0.717, 1.165) is 36.9 Å². The highest BCUT2D eigenvalue weighted by molar-refractivity contribution is 5.22. The molecule has 3 aromatic rings. The lowest BCUT2D eigenvalue weighted by Crippen LogP contribution is -2.34. The van der Waals surface area contributed by atoms with E-state index in [9.17, 15) is 0 Å². The van der Waals surface area contributed by atoms with Gasteiger partial charge in [-0.25, -0.2) is 0 Å². The summed E-state index contributed by atoms with van der Waals surface area (Å²) in [6, 6.07) is 29.2. The Morgan fingerprint density at radius 3 is 0.804 bits per heavy atom. The smallest absolute Gasteiger partial charge is 0.119 e. The molecule has 0 aromatic heterocycles. The lowest BCUT2D eigenvalue weighted by atomic mass is 10.3. The van der Waals surface area contributed by atoms with E-state index in [1.165, 1.54) is 0 Å². The summed E-state index contributed by atoms with van der Waals surface area (Å²) in [5.74, 6) is 2.53. The molecule has 0 aliphatic carbocycles. The fourth-order valence-electron chi connectivity index (χ4n) is 4.09. The lowest BCUT2D eigenvalue weighted by Gasteiger charge is -2.22.